The summed E-state index contributed by atoms with van der Waals surface area (Å²) in [6.07, 6.45) is 1.21. The maximum absolute atomic E-state index is 12.5. The number of amides is 1. The SMILES string of the molecule is Cl.O=C(c1ccc(Cl)c(Cl)c1)N1CCN(C2CCNC2)CC1. The molecule has 122 valence electrons. The molecule has 1 N–H and O–H groups in total. The van der Waals surface area contributed by atoms with E-state index in [9.17, 15) is 4.79 Å². The minimum absolute atomic E-state index is 0. The molecule has 0 aliphatic carbocycles. The highest BCUT2D eigenvalue weighted by molar-refractivity contribution is 6.42. The Bertz CT molecular complexity index is 527. The first kappa shape index (κ1) is 17.8. The van der Waals surface area contributed by atoms with Gasteiger partial charge in [-0.15, -0.1) is 12.4 Å². The van der Waals surface area contributed by atoms with Gasteiger partial charge in [0.2, 0.25) is 0 Å². The lowest BCUT2D eigenvalue weighted by atomic mass is 10.1. The lowest BCUT2D eigenvalue weighted by molar-refractivity contribution is 0.0584. The first-order valence-electron chi connectivity index (χ1n) is 7.34. The van der Waals surface area contributed by atoms with Gasteiger partial charge in [0.1, 0.15) is 0 Å². The first-order chi connectivity index (χ1) is 10.1. The summed E-state index contributed by atoms with van der Waals surface area (Å²) >= 11 is 11.9. The molecule has 1 aromatic rings. The second-order valence-corrected chi connectivity index (χ2v) is 6.42. The lowest BCUT2D eigenvalue weighted by Crippen LogP contribution is -2.52. The molecule has 0 spiro atoms. The second kappa shape index (κ2) is 7.84. The van der Waals surface area contributed by atoms with Gasteiger partial charge >= 0.3 is 0 Å². The molecule has 0 radical (unpaired) electrons. The molecule has 7 heteroatoms. The zero-order chi connectivity index (χ0) is 14.8. The minimum Gasteiger partial charge on any atom is -0.336 e. The van der Waals surface area contributed by atoms with E-state index in [0.29, 0.717) is 21.7 Å². The van der Waals surface area contributed by atoms with E-state index in [2.05, 4.69) is 10.2 Å². The molecule has 1 unspecified atom stereocenters. The van der Waals surface area contributed by atoms with Crippen molar-refractivity contribution in [1.82, 2.24) is 15.1 Å². The van der Waals surface area contributed by atoms with Gasteiger partial charge in [-0.3, -0.25) is 9.69 Å². The van der Waals surface area contributed by atoms with Gasteiger partial charge in [-0.1, -0.05) is 23.2 Å². The van der Waals surface area contributed by atoms with Crippen molar-refractivity contribution in [2.24, 2.45) is 0 Å². The average Bonchev–Trinajstić information content (AvgIpc) is 3.04. The number of piperazine rings is 1. The number of carbonyl (C=O) groups is 1. The fourth-order valence-corrected chi connectivity index (χ4v) is 3.35. The van der Waals surface area contributed by atoms with Crippen LogP contribution in [0.4, 0.5) is 0 Å². The zero-order valence-electron chi connectivity index (χ0n) is 12.2. The van der Waals surface area contributed by atoms with Gasteiger partial charge in [0, 0.05) is 44.3 Å². The molecular formula is C15H20Cl3N3O. The van der Waals surface area contributed by atoms with Crippen LogP contribution in [0, 0.1) is 0 Å². The molecule has 4 nitrogen and oxygen atoms in total. The van der Waals surface area contributed by atoms with Crippen LogP contribution in [-0.4, -0.2) is 61.0 Å². The molecular weight excluding hydrogens is 345 g/mol. The van der Waals surface area contributed by atoms with Crippen LogP contribution in [0.25, 0.3) is 0 Å². The first-order valence-corrected chi connectivity index (χ1v) is 8.10. The van der Waals surface area contributed by atoms with E-state index in [4.69, 9.17) is 23.2 Å². The van der Waals surface area contributed by atoms with Crippen LogP contribution >= 0.6 is 35.6 Å². The van der Waals surface area contributed by atoms with Crippen LogP contribution < -0.4 is 5.32 Å². The summed E-state index contributed by atoms with van der Waals surface area (Å²) in [6.45, 7) is 5.61. The molecule has 2 aliphatic heterocycles. The van der Waals surface area contributed by atoms with E-state index < -0.39 is 0 Å². The van der Waals surface area contributed by atoms with E-state index in [-0.39, 0.29) is 18.3 Å². The van der Waals surface area contributed by atoms with Crippen molar-refractivity contribution >= 4 is 41.5 Å². The van der Waals surface area contributed by atoms with Gasteiger partial charge in [-0.2, -0.15) is 0 Å². The quantitative estimate of drug-likeness (QED) is 0.876. The van der Waals surface area contributed by atoms with Crippen LogP contribution in [0.3, 0.4) is 0 Å². The maximum atomic E-state index is 12.5. The Balaban J connectivity index is 0.00000176. The number of benzene rings is 1. The standard InChI is InChI=1S/C15H19Cl2N3O.ClH/c16-13-2-1-11(9-14(13)17)15(21)20-7-5-19(6-8-20)12-3-4-18-10-12;/h1-2,9,12,18H,3-8,10H2;1H. The number of hydrogen-bond donors (Lipinski definition) is 1. The van der Waals surface area contributed by atoms with E-state index in [1.54, 1.807) is 18.2 Å². The number of nitrogens with one attached hydrogen (secondary N) is 1. The molecule has 0 aromatic heterocycles. The molecule has 1 atom stereocenters. The van der Waals surface area contributed by atoms with Crippen LogP contribution in [0.2, 0.25) is 10.0 Å². The molecule has 3 rings (SSSR count). The summed E-state index contributed by atoms with van der Waals surface area (Å²) < 4.78 is 0. The third kappa shape index (κ3) is 3.87. The highest BCUT2D eigenvalue weighted by Crippen LogP contribution is 2.23. The summed E-state index contributed by atoms with van der Waals surface area (Å²) in [4.78, 5) is 16.9. The molecule has 0 saturated carbocycles. The third-order valence-corrected chi connectivity index (χ3v) is 5.06. The fraction of sp³-hybridized carbons (Fsp3) is 0.533. The zero-order valence-corrected chi connectivity index (χ0v) is 14.6. The summed E-state index contributed by atoms with van der Waals surface area (Å²) in [5.74, 6) is 0.0396. The van der Waals surface area contributed by atoms with Crippen molar-refractivity contribution < 1.29 is 4.79 Å². The molecule has 1 aromatic carbocycles. The van der Waals surface area contributed by atoms with Crippen molar-refractivity contribution in [2.45, 2.75) is 12.5 Å². The molecule has 2 heterocycles. The Hall–Kier alpha value is -0.520. The molecule has 2 saturated heterocycles. The predicted octanol–water partition coefficient (Wildman–Crippen LogP) is 2.53. The Labute approximate surface area is 147 Å². The maximum Gasteiger partial charge on any atom is 0.253 e. The third-order valence-electron chi connectivity index (χ3n) is 4.32. The Kier molecular flexibility index (Phi) is 6.36. The van der Waals surface area contributed by atoms with E-state index in [1.165, 1.54) is 6.42 Å². The predicted molar refractivity (Wildman–Crippen MR) is 92.5 cm³/mol. The Morgan fingerprint density at radius 2 is 1.86 bits per heavy atom. The van der Waals surface area contributed by atoms with Crippen LogP contribution in [0.15, 0.2) is 18.2 Å². The van der Waals surface area contributed by atoms with Gasteiger partial charge in [0.25, 0.3) is 5.91 Å². The number of carbonyl (C=O) groups excluding carboxylic acids is 1. The summed E-state index contributed by atoms with van der Waals surface area (Å²) in [6, 6.07) is 5.70. The largest absolute Gasteiger partial charge is 0.336 e. The molecule has 2 fully saturated rings. The van der Waals surface area contributed by atoms with Gasteiger partial charge in [-0.05, 0) is 31.2 Å². The molecule has 0 bridgehead atoms. The number of halogens is 3. The Morgan fingerprint density at radius 1 is 1.14 bits per heavy atom. The van der Waals surface area contributed by atoms with Crippen LogP contribution in [0.1, 0.15) is 16.8 Å². The van der Waals surface area contributed by atoms with Gasteiger partial charge < -0.3 is 10.2 Å². The van der Waals surface area contributed by atoms with E-state index in [1.807, 2.05) is 4.90 Å². The summed E-state index contributed by atoms with van der Waals surface area (Å²) in [5, 5.41) is 4.30. The highest BCUT2D eigenvalue weighted by atomic mass is 35.5. The minimum atomic E-state index is 0. The molecule has 1 amide bonds. The van der Waals surface area contributed by atoms with Crippen LogP contribution in [0.5, 0.6) is 0 Å². The second-order valence-electron chi connectivity index (χ2n) is 5.60. The van der Waals surface area contributed by atoms with Crippen molar-refractivity contribution in [3.63, 3.8) is 0 Å². The van der Waals surface area contributed by atoms with E-state index in [0.717, 1.165) is 39.3 Å². The van der Waals surface area contributed by atoms with E-state index >= 15 is 0 Å². The highest BCUT2D eigenvalue weighted by Gasteiger charge is 2.28. The number of hydrogen-bond acceptors (Lipinski definition) is 3. The van der Waals surface area contributed by atoms with Crippen molar-refractivity contribution in [2.75, 3.05) is 39.3 Å². The van der Waals surface area contributed by atoms with Crippen LogP contribution in [-0.2, 0) is 0 Å². The average molecular weight is 365 g/mol. The summed E-state index contributed by atoms with van der Waals surface area (Å²) in [5.41, 5.74) is 0.611. The Morgan fingerprint density at radius 3 is 2.45 bits per heavy atom. The number of rotatable bonds is 2. The normalized spacial score (nSPS) is 22.5. The van der Waals surface area contributed by atoms with Gasteiger partial charge in [0.15, 0.2) is 0 Å². The van der Waals surface area contributed by atoms with Crippen molar-refractivity contribution in [3.05, 3.63) is 33.8 Å². The lowest BCUT2D eigenvalue weighted by Gasteiger charge is -2.37. The topological polar surface area (TPSA) is 35.6 Å². The monoisotopic (exact) mass is 363 g/mol. The molecule has 22 heavy (non-hydrogen) atoms. The van der Waals surface area contributed by atoms with Gasteiger partial charge in [-0.25, -0.2) is 0 Å². The van der Waals surface area contributed by atoms with Crippen molar-refractivity contribution in [3.8, 4) is 0 Å². The summed E-state index contributed by atoms with van der Waals surface area (Å²) in [7, 11) is 0. The number of nitrogens with zero attached hydrogens (tertiary/aromatic N) is 2. The fourth-order valence-electron chi connectivity index (χ4n) is 3.05. The van der Waals surface area contributed by atoms with Crippen molar-refractivity contribution in [1.29, 1.82) is 0 Å². The van der Waals surface area contributed by atoms with Gasteiger partial charge in [0.05, 0.1) is 10.0 Å². The molecule has 2 aliphatic rings. The smallest absolute Gasteiger partial charge is 0.253 e.